The molecule has 1 atom stereocenters. The highest BCUT2D eigenvalue weighted by Crippen LogP contribution is 2.32. The van der Waals surface area contributed by atoms with Crippen molar-refractivity contribution in [1.29, 1.82) is 0 Å². The first kappa shape index (κ1) is 19.6. The summed E-state index contributed by atoms with van der Waals surface area (Å²) in [5, 5.41) is 0. The van der Waals surface area contributed by atoms with Crippen LogP contribution in [0, 0.1) is 0 Å². The summed E-state index contributed by atoms with van der Waals surface area (Å²) in [5.74, 6) is -0.295. The Kier molecular flexibility index (Phi) is 7.98. The molecule has 0 aromatic carbocycles. The highest BCUT2D eigenvalue weighted by atomic mass is 29.3. The fourth-order valence-corrected chi connectivity index (χ4v) is 8.88. The number of hydrogen-bond acceptors (Lipinski definition) is 3. The lowest BCUT2D eigenvalue weighted by molar-refractivity contribution is -0.138. The molecule has 0 saturated carbocycles. The molecule has 0 aromatic heterocycles. The highest BCUT2D eigenvalue weighted by Gasteiger charge is 2.46. The van der Waals surface area contributed by atoms with Gasteiger partial charge in [0.2, 0.25) is 0 Å². The maximum atomic E-state index is 10.6. The molecule has 5 heteroatoms. The Morgan fingerprint density at radius 2 is 1.90 bits per heavy atom. The van der Waals surface area contributed by atoms with Crippen molar-refractivity contribution >= 4 is 21.4 Å². The first-order chi connectivity index (χ1) is 9.03. The van der Waals surface area contributed by atoms with Gasteiger partial charge in [0.1, 0.15) is 0 Å². The minimum atomic E-state index is -1.24. The Bertz CT molecular complexity index is 338. The van der Waals surface area contributed by atoms with Crippen molar-refractivity contribution in [3.63, 3.8) is 0 Å². The molecule has 1 rings (SSSR count). The van der Waals surface area contributed by atoms with Crippen LogP contribution in [0.4, 0.5) is 0 Å². The predicted octanol–water partition coefficient (Wildman–Crippen LogP) is 4.30. The molecular formula is C15H32O3Si2. The van der Waals surface area contributed by atoms with Crippen LogP contribution < -0.4 is 0 Å². The van der Waals surface area contributed by atoms with Crippen LogP contribution >= 0.6 is 0 Å². The zero-order valence-corrected chi connectivity index (χ0v) is 16.3. The van der Waals surface area contributed by atoms with Gasteiger partial charge in [-0.05, 0) is 39.8 Å². The Balaban J connectivity index is 0.000000370. The van der Waals surface area contributed by atoms with E-state index in [1.165, 1.54) is 12.5 Å². The van der Waals surface area contributed by atoms with Crippen molar-refractivity contribution in [1.82, 2.24) is 0 Å². The molecule has 118 valence electrons. The highest BCUT2D eigenvalue weighted by molar-refractivity contribution is 7.38. The average molecular weight is 317 g/mol. The molecule has 1 unspecified atom stereocenters. The van der Waals surface area contributed by atoms with Crippen LogP contribution in [0.3, 0.4) is 0 Å². The van der Waals surface area contributed by atoms with Crippen LogP contribution in [0.25, 0.3) is 0 Å². The van der Waals surface area contributed by atoms with Crippen LogP contribution in [0.1, 0.15) is 33.6 Å². The Hall–Kier alpha value is -0.396. The third-order valence-electron chi connectivity index (χ3n) is 4.09. The van der Waals surface area contributed by atoms with E-state index in [0.29, 0.717) is 18.3 Å². The average Bonchev–Trinajstić information content (AvgIpc) is 2.32. The van der Waals surface area contributed by atoms with Crippen LogP contribution in [-0.4, -0.2) is 34.1 Å². The molecule has 1 saturated heterocycles. The van der Waals surface area contributed by atoms with Gasteiger partial charge in [0.25, 0.3) is 0 Å². The van der Waals surface area contributed by atoms with Crippen LogP contribution in [0.15, 0.2) is 12.2 Å². The van der Waals surface area contributed by atoms with E-state index in [2.05, 4.69) is 39.7 Å². The van der Waals surface area contributed by atoms with Gasteiger partial charge < -0.3 is 9.16 Å². The zero-order chi connectivity index (χ0) is 16.0. The van der Waals surface area contributed by atoms with Gasteiger partial charge in [0, 0.05) is 11.7 Å². The van der Waals surface area contributed by atoms with E-state index in [-0.39, 0.29) is 5.97 Å². The van der Waals surface area contributed by atoms with Gasteiger partial charge in [-0.15, -0.1) is 0 Å². The summed E-state index contributed by atoms with van der Waals surface area (Å²) in [7, 11) is -2.19. The van der Waals surface area contributed by atoms with Gasteiger partial charge in [-0.2, -0.15) is 0 Å². The molecule has 0 radical (unpaired) electrons. The molecule has 1 aliphatic rings. The van der Waals surface area contributed by atoms with Gasteiger partial charge in [-0.1, -0.05) is 32.6 Å². The topological polar surface area (TPSA) is 35.5 Å². The second-order valence-electron chi connectivity index (χ2n) is 6.78. The molecule has 0 N–H and O–H groups in total. The summed E-state index contributed by atoms with van der Waals surface area (Å²) in [4.78, 5) is 10.6. The lowest BCUT2D eigenvalue weighted by Crippen LogP contribution is -2.61. The van der Waals surface area contributed by atoms with Gasteiger partial charge in [-0.25, -0.2) is 4.79 Å². The summed E-state index contributed by atoms with van der Waals surface area (Å²) >= 11 is 0. The molecular weight excluding hydrogens is 284 g/mol. The molecule has 0 bridgehead atoms. The van der Waals surface area contributed by atoms with Crippen molar-refractivity contribution < 1.29 is 14.0 Å². The van der Waals surface area contributed by atoms with Crippen molar-refractivity contribution in [2.45, 2.75) is 71.9 Å². The van der Waals surface area contributed by atoms with Gasteiger partial charge in [-0.3, -0.25) is 0 Å². The van der Waals surface area contributed by atoms with E-state index in [1.54, 1.807) is 6.92 Å². The molecule has 1 fully saturated rings. The number of carbonyl (C=O) groups excluding carboxylic acids is 1. The van der Waals surface area contributed by atoms with E-state index in [1.807, 2.05) is 6.92 Å². The fraction of sp³-hybridized carbons (Fsp3) is 0.800. The number of hydrogen-bond donors (Lipinski definition) is 0. The van der Waals surface area contributed by atoms with Gasteiger partial charge in [0.05, 0.1) is 14.2 Å². The van der Waals surface area contributed by atoms with E-state index in [4.69, 9.17) is 9.16 Å². The second kappa shape index (κ2) is 8.15. The standard InChI is InChI=1S/C8H20OSi2.C7H12O2/c1-8-6-7-10(2,3)11(4,5)9-8;1-4-5-9-7(8)6(2)3/h8H,6-7H2,1-5H3;2,4-5H2,1,3H3. The summed E-state index contributed by atoms with van der Waals surface area (Å²) < 4.78 is 10.8. The number of carbonyl (C=O) groups is 1. The van der Waals surface area contributed by atoms with Crippen molar-refractivity contribution in [2.75, 3.05) is 6.61 Å². The molecule has 0 spiro atoms. The maximum Gasteiger partial charge on any atom is 0.333 e. The normalized spacial score (nSPS) is 23.2. The number of rotatable bonds is 3. The molecule has 0 amide bonds. The minimum absolute atomic E-state index is 0.295. The fourth-order valence-electron chi connectivity index (χ4n) is 1.90. The first-order valence-corrected chi connectivity index (χ1v) is 14.7. The molecule has 0 aliphatic carbocycles. The van der Waals surface area contributed by atoms with Crippen molar-refractivity contribution in [3.05, 3.63) is 12.2 Å². The third kappa shape index (κ3) is 6.37. The van der Waals surface area contributed by atoms with Crippen LogP contribution in [0.2, 0.25) is 32.2 Å². The smallest absolute Gasteiger partial charge is 0.333 e. The first-order valence-electron chi connectivity index (χ1n) is 7.54. The number of esters is 1. The van der Waals surface area contributed by atoms with Gasteiger partial charge >= 0.3 is 5.97 Å². The quantitative estimate of drug-likeness (QED) is 0.442. The van der Waals surface area contributed by atoms with E-state index in [0.717, 1.165) is 6.42 Å². The van der Waals surface area contributed by atoms with E-state index in [9.17, 15) is 4.79 Å². The number of ether oxygens (including phenoxy) is 1. The Morgan fingerprint density at radius 3 is 2.25 bits per heavy atom. The second-order valence-corrected chi connectivity index (χ2v) is 22.0. The van der Waals surface area contributed by atoms with Crippen molar-refractivity contribution in [2.24, 2.45) is 0 Å². The maximum absolute atomic E-state index is 10.6. The summed E-state index contributed by atoms with van der Waals surface area (Å²) in [6, 6.07) is 1.48. The molecule has 3 nitrogen and oxygen atoms in total. The molecule has 20 heavy (non-hydrogen) atoms. The van der Waals surface area contributed by atoms with Crippen LogP contribution in [0.5, 0.6) is 0 Å². The Labute approximate surface area is 126 Å². The Morgan fingerprint density at radius 1 is 1.35 bits per heavy atom. The summed E-state index contributed by atoms with van der Waals surface area (Å²) in [5.41, 5.74) is 0.462. The van der Waals surface area contributed by atoms with Crippen LogP contribution in [-0.2, 0) is 14.0 Å². The van der Waals surface area contributed by atoms with E-state index >= 15 is 0 Å². The minimum Gasteiger partial charge on any atom is -0.462 e. The molecule has 1 aliphatic heterocycles. The monoisotopic (exact) mass is 316 g/mol. The molecule has 0 aromatic rings. The third-order valence-corrected chi connectivity index (χ3v) is 20.8. The zero-order valence-electron chi connectivity index (χ0n) is 14.3. The van der Waals surface area contributed by atoms with Gasteiger partial charge in [0.15, 0.2) is 7.83 Å². The SMILES string of the molecule is C=C(C)C(=O)OCCC.CC1CC[Si](C)(C)[Si](C)(C)O1. The summed E-state index contributed by atoms with van der Waals surface area (Å²) in [6.07, 6.45) is 2.70. The summed E-state index contributed by atoms with van der Waals surface area (Å²) in [6.45, 7) is 19.5. The molecule has 1 heterocycles. The van der Waals surface area contributed by atoms with Crippen molar-refractivity contribution in [3.8, 4) is 0 Å². The predicted molar refractivity (Wildman–Crippen MR) is 91.0 cm³/mol. The van der Waals surface area contributed by atoms with E-state index < -0.39 is 15.4 Å². The lowest BCUT2D eigenvalue weighted by Gasteiger charge is -2.44. The lowest BCUT2D eigenvalue weighted by atomic mass is 10.3. The largest absolute Gasteiger partial charge is 0.462 e.